The van der Waals surface area contributed by atoms with Crippen LogP contribution in [0.4, 0.5) is 10.5 Å². The van der Waals surface area contributed by atoms with E-state index in [1.54, 1.807) is 17.0 Å². The number of piperidine rings is 1. The number of hydrogen-bond donors (Lipinski definition) is 2. The van der Waals surface area contributed by atoms with Gasteiger partial charge in [-0.3, -0.25) is 4.79 Å². The fourth-order valence-corrected chi connectivity index (χ4v) is 4.39. The molecule has 4 rings (SSSR count). The predicted octanol–water partition coefficient (Wildman–Crippen LogP) is 3.38. The predicted molar refractivity (Wildman–Crippen MR) is 106 cm³/mol. The zero-order chi connectivity index (χ0) is 20.2. The van der Waals surface area contributed by atoms with Crippen molar-refractivity contribution in [1.29, 1.82) is 0 Å². The van der Waals surface area contributed by atoms with Crippen molar-refractivity contribution in [1.82, 2.24) is 10.2 Å². The maximum atomic E-state index is 12.6. The molecule has 2 spiro atoms. The van der Waals surface area contributed by atoms with Crippen LogP contribution in [-0.2, 0) is 9.47 Å². The number of fused-ring (bicyclic) bond motifs is 1. The smallest absolute Gasteiger partial charge is 0.410 e. The Hall–Kier alpha value is -1.99. The molecule has 2 fully saturated rings. The molecule has 1 atom stereocenters. The number of anilines is 1. The van der Waals surface area contributed by atoms with E-state index in [1.807, 2.05) is 26.8 Å². The largest absolute Gasteiger partial charge is 0.444 e. The molecule has 3 aliphatic heterocycles. The fraction of sp³-hybridized carbons (Fsp3) is 0.600. The summed E-state index contributed by atoms with van der Waals surface area (Å²) in [5.74, 6) is -0.150. The lowest BCUT2D eigenvalue weighted by Gasteiger charge is -2.41. The Morgan fingerprint density at radius 1 is 1.25 bits per heavy atom. The molecule has 1 unspecified atom stereocenters. The lowest BCUT2D eigenvalue weighted by atomic mass is 9.84. The van der Waals surface area contributed by atoms with Crippen LogP contribution in [-0.4, -0.2) is 53.5 Å². The highest BCUT2D eigenvalue weighted by molar-refractivity contribution is 6.31. The Labute approximate surface area is 169 Å². The van der Waals surface area contributed by atoms with Crippen molar-refractivity contribution in [2.24, 2.45) is 0 Å². The van der Waals surface area contributed by atoms with Gasteiger partial charge in [0.25, 0.3) is 5.91 Å². The average Bonchev–Trinajstić information content (AvgIpc) is 2.92. The standard InChI is InChI=1S/C20H26ClN3O4/c1-18(2,3)28-17(26)24-8-6-19(7-9-24)11-20(12-27-19)22-15-5-4-13(21)10-14(15)16(25)23-20/h4-5,10,22H,6-9,11-12H2,1-3H3,(H,23,25). The van der Waals surface area contributed by atoms with Crippen LogP contribution in [0.1, 0.15) is 50.4 Å². The molecule has 0 bridgehead atoms. The molecule has 28 heavy (non-hydrogen) atoms. The highest BCUT2D eigenvalue weighted by Gasteiger charge is 2.53. The molecule has 2 amide bonds. The highest BCUT2D eigenvalue weighted by Crippen LogP contribution is 2.43. The summed E-state index contributed by atoms with van der Waals surface area (Å²) in [5, 5.41) is 7.05. The first-order chi connectivity index (χ1) is 13.1. The van der Waals surface area contributed by atoms with Crippen LogP contribution in [0.15, 0.2) is 18.2 Å². The van der Waals surface area contributed by atoms with E-state index in [2.05, 4.69) is 10.6 Å². The molecule has 2 N–H and O–H groups in total. The summed E-state index contributed by atoms with van der Waals surface area (Å²) < 4.78 is 11.7. The van der Waals surface area contributed by atoms with Gasteiger partial charge < -0.3 is 25.0 Å². The number of amides is 2. The van der Waals surface area contributed by atoms with Crippen molar-refractivity contribution in [3.8, 4) is 0 Å². The molecular weight excluding hydrogens is 382 g/mol. The van der Waals surface area contributed by atoms with Gasteiger partial charge in [-0.2, -0.15) is 0 Å². The van der Waals surface area contributed by atoms with Gasteiger partial charge in [0, 0.05) is 30.2 Å². The number of rotatable bonds is 0. The molecule has 0 radical (unpaired) electrons. The van der Waals surface area contributed by atoms with Crippen LogP contribution in [0.2, 0.25) is 5.02 Å². The summed E-state index contributed by atoms with van der Waals surface area (Å²) in [4.78, 5) is 26.6. The van der Waals surface area contributed by atoms with Crippen molar-refractivity contribution >= 4 is 29.3 Å². The first-order valence-corrected chi connectivity index (χ1v) is 9.99. The molecule has 1 aromatic rings. The SMILES string of the molecule is CC(C)(C)OC(=O)N1CCC2(CC1)CC1(CO2)NC(=O)c2cc(Cl)ccc2N1. The first kappa shape index (κ1) is 19.3. The number of ether oxygens (including phenoxy) is 2. The van der Waals surface area contributed by atoms with E-state index >= 15 is 0 Å². The van der Waals surface area contributed by atoms with Gasteiger partial charge in [0.05, 0.1) is 17.8 Å². The second-order valence-corrected chi connectivity index (χ2v) is 9.40. The maximum absolute atomic E-state index is 12.6. The minimum atomic E-state index is -0.633. The van der Waals surface area contributed by atoms with Crippen molar-refractivity contribution in [3.05, 3.63) is 28.8 Å². The number of carbonyl (C=O) groups is 2. The quantitative estimate of drug-likeness (QED) is 0.689. The van der Waals surface area contributed by atoms with E-state index in [0.29, 0.717) is 49.5 Å². The van der Waals surface area contributed by atoms with Crippen molar-refractivity contribution < 1.29 is 19.1 Å². The fourth-order valence-electron chi connectivity index (χ4n) is 4.22. The van der Waals surface area contributed by atoms with E-state index in [9.17, 15) is 9.59 Å². The lowest BCUT2D eigenvalue weighted by molar-refractivity contribution is -0.0488. The summed E-state index contributed by atoms with van der Waals surface area (Å²) >= 11 is 6.01. The molecule has 0 aliphatic carbocycles. The van der Waals surface area contributed by atoms with Crippen molar-refractivity contribution in [2.75, 3.05) is 25.0 Å². The molecule has 3 aliphatic rings. The van der Waals surface area contributed by atoms with E-state index in [1.165, 1.54) is 0 Å². The van der Waals surface area contributed by atoms with Crippen molar-refractivity contribution in [2.45, 2.75) is 56.9 Å². The molecule has 152 valence electrons. The molecule has 2 saturated heterocycles. The van der Waals surface area contributed by atoms with Gasteiger partial charge in [0.2, 0.25) is 0 Å². The number of nitrogens with zero attached hydrogens (tertiary/aromatic N) is 1. The Balaban J connectivity index is 1.43. The van der Waals surface area contributed by atoms with Crippen LogP contribution in [0.25, 0.3) is 0 Å². The number of hydrogen-bond acceptors (Lipinski definition) is 5. The number of halogens is 1. The van der Waals surface area contributed by atoms with E-state index in [0.717, 1.165) is 5.69 Å². The monoisotopic (exact) mass is 407 g/mol. The van der Waals surface area contributed by atoms with Crippen molar-refractivity contribution in [3.63, 3.8) is 0 Å². The summed E-state index contributed by atoms with van der Waals surface area (Å²) in [6.07, 6.45) is 1.78. The van der Waals surface area contributed by atoms with E-state index < -0.39 is 11.3 Å². The summed E-state index contributed by atoms with van der Waals surface area (Å²) in [6.45, 7) is 7.12. The zero-order valence-corrected chi connectivity index (χ0v) is 17.2. The molecule has 0 saturated carbocycles. The Bertz CT molecular complexity index is 814. The molecule has 8 heteroatoms. The summed E-state index contributed by atoms with van der Waals surface area (Å²) in [7, 11) is 0. The number of likely N-dealkylation sites (tertiary alicyclic amines) is 1. The number of benzene rings is 1. The topological polar surface area (TPSA) is 79.9 Å². The first-order valence-electron chi connectivity index (χ1n) is 9.61. The van der Waals surface area contributed by atoms with Gasteiger partial charge in [-0.25, -0.2) is 4.79 Å². The highest BCUT2D eigenvalue weighted by atomic mass is 35.5. The minimum Gasteiger partial charge on any atom is -0.444 e. The van der Waals surface area contributed by atoms with E-state index in [-0.39, 0.29) is 17.6 Å². The maximum Gasteiger partial charge on any atom is 0.410 e. The normalized spacial score (nSPS) is 26.0. The summed E-state index contributed by atoms with van der Waals surface area (Å²) in [5.41, 5.74) is -0.194. The minimum absolute atomic E-state index is 0.150. The van der Waals surface area contributed by atoms with Gasteiger partial charge in [-0.05, 0) is 51.8 Å². The second-order valence-electron chi connectivity index (χ2n) is 8.97. The zero-order valence-electron chi connectivity index (χ0n) is 16.4. The van der Waals surface area contributed by atoms with Crippen LogP contribution < -0.4 is 10.6 Å². The molecule has 1 aromatic carbocycles. The van der Waals surface area contributed by atoms with E-state index in [4.69, 9.17) is 21.1 Å². The summed E-state index contributed by atoms with van der Waals surface area (Å²) in [6, 6.07) is 5.26. The van der Waals surface area contributed by atoms with Crippen LogP contribution >= 0.6 is 11.6 Å². The third-order valence-corrected chi connectivity index (χ3v) is 5.76. The molecule has 0 aromatic heterocycles. The van der Waals surface area contributed by atoms with Crippen LogP contribution in [0.5, 0.6) is 0 Å². The molecular formula is C20H26ClN3O4. The third-order valence-electron chi connectivity index (χ3n) is 5.53. The van der Waals surface area contributed by atoms with Gasteiger partial charge in [0.1, 0.15) is 11.3 Å². The number of carbonyl (C=O) groups excluding carboxylic acids is 2. The Kier molecular flexibility index (Phi) is 4.50. The molecule has 3 heterocycles. The van der Waals surface area contributed by atoms with Gasteiger partial charge in [0.15, 0.2) is 0 Å². The van der Waals surface area contributed by atoms with Crippen LogP contribution in [0, 0.1) is 0 Å². The molecule has 7 nitrogen and oxygen atoms in total. The van der Waals surface area contributed by atoms with Gasteiger partial charge in [-0.15, -0.1) is 0 Å². The van der Waals surface area contributed by atoms with Gasteiger partial charge >= 0.3 is 6.09 Å². The second kappa shape index (κ2) is 6.52. The third kappa shape index (κ3) is 3.65. The van der Waals surface area contributed by atoms with Gasteiger partial charge in [-0.1, -0.05) is 11.6 Å². The Morgan fingerprint density at radius 2 is 1.96 bits per heavy atom. The number of nitrogens with one attached hydrogen (secondary N) is 2. The lowest BCUT2D eigenvalue weighted by Crippen LogP contribution is -2.59. The Morgan fingerprint density at radius 3 is 2.64 bits per heavy atom. The van der Waals surface area contributed by atoms with Crippen LogP contribution in [0.3, 0.4) is 0 Å². The average molecular weight is 408 g/mol.